The SMILES string of the molecule is CCO[C@H]1O[C@H](CO)[C@@H](O)[C@H](O)[C@H]1NC(=O)N(CC)N=O. The highest BCUT2D eigenvalue weighted by Gasteiger charge is 2.45. The van der Waals surface area contributed by atoms with Gasteiger partial charge in [0, 0.05) is 13.2 Å². The number of aliphatic hydroxyl groups is 3. The predicted molar refractivity (Wildman–Crippen MR) is 69.9 cm³/mol. The van der Waals surface area contributed by atoms with Crippen molar-refractivity contribution in [3.8, 4) is 0 Å². The summed E-state index contributed by atoms with van der Waals surface area (Å²) < 4.78 is 10.5. The van der Waals surface area contributed by atoms with E-state index < -0.39 is 43.3 Å². The van der Waals surface area contributed by atoms with Crippen molar-refractivity contribution in [2.24, 2.45) is 5.29 Å². The van der Waals surface area contributed by atoms with Gasteiger partial charge in [-0.3, -0.25) is 0 Å². The molecule has 10 heteroatoms. The lowest BCUT2D eigenvalue weighted by Crippen LogP contribution is -2.65. The molecule has 2 amide bonds. The summed E-state index contributed by atoms with van der Waals surface area (Å²) in [5.74, 6) is 0. The second kappa shape index (κ2) is 8.20. The van der Waals surface area contributed by atoms with Crippen LogP contribution >= 0.6 is 0 Å². The molecule has 1 aliphatic heterocycles. The minimum absolute atomic E-state index is 0.0418. The number of ether oxygens (including phenoxy) is 2. The van der Waals surface area contributed by atoms with Crippen molar-refractivity contribution >= 4 is 6.03 Å². The van der Waals surface area contributed by atoms with Crippen LogP contribution in [0, 0.1) is 4.91 Å². The Morgan fingerprint density at radius 1 is 1.38 bits per heavy atom. The topological polar surface area (TPSA) is 141 Å². The van der Waals surface area contributed by atoms with Gasteiger partial charge in [0.25, 0.3) is 0 Å². The van der Waals surface area contributed by atoms with E-state index in [0.717, 1.165) is 0 Å². The normalized spacial score (nSPS) is 32.5. The highest BCUT2D eigenvalue weighted by molar-refractivity contribution is 5.74. The molecule has 0 aromatic heterocycles. The summed E-state index contributed by atoms with van der Waals surface area (Å²) in [7, 11) is 0. The molecular formula is C11H21N3O7. The molecule has 122 valence electrons. The number of hydrogen-bond donors (Lipinski definition) is 4. The predicted octanol–water partition coefficient (Wildman–Crippen LogP) is -1.46. The molecule has 1 rings (SSSR count). The van der Waals surface area contributed by atoms with Crippen LogP contribution in [0.15, 0.2) is 5.29 Å². The number of nitroso groups, excluding NO2 is 1. The lowest BCUT2D eigenvalue weighted by atomic mass is 9.97. The summed E-state index contributed by atoms with van der Waals surface area (Å²) in [5, 5.41) is 34.4. The van der Waals surface area contributed by atoms with Gasteiger partial charge in [-0.15, -0.1) is 4.91 Å². The van der Waals surface area contributed by atoms with Gasteiger partial charge in [0.1, 0.15) is 24.4 Å². The Labute approximate surface area is 121 Å². The Bertz CT molecular complexity index is 357. The van der Waals surface area contributed by atoms with Crippen LogP contribution in [0.5, 0.6) is 0 Å². The fourth-order valence-corrected chi connectivity index (χ4v) is 2.00. The Kier molecular flexibility index (Phi) is 6.92. The summed E-state index contributed by atoms with van der Waals surface area (Å²) in [4.78, 5) is 22.3. The molecular weight excluding hydrogens is 286 g/mol. The molecule has 0 aromatic carbocycles. The third-order valence-electron chi connectivity index (χ3n) is 3.13. The van der Waals surface area contributed by atoms with E-state index in [4.69, 9.17) is 14.6 Å². The minimum Gasteiger partial charge on any atom is -0.394 e. The zero-order chi connectivity index (χ0) is 16.0. The van der Waals surface area contributed by atoms with Gasteiger partial charge >= 0.3 is 6.03 Å². The van der Waals surface area contributed by atoms with E-state index in [9.17, 15) is 19.9 Å². The maximum absolute atomic E-state index is 11.8. The van der Waals surface area contributed by atoms with Crippen LogP contribution in [-0.2, 0) is 9.47 Å². The number of nitrogens with one attached hydrogen (secondary N) is 1. The Morgan fingerprint density at radius 3 is 2.52 bits per heavy atom. The zero-order valence-corrected chi connectivity index (χ0v) is 11.9. The van der Waals surface area contributed by atoms with Gasteiger partial charge in [-0.2, -0.15) is 5.01 Å². The summed E-state index contributed by atoms with van der Waals surface area (Å²) in [6.45, 7) is 2.98. The summed E-state index contributed by atoms with van der Waals surface area (Å²) in [6.07, 6.45) is -4.94. The maximum atomic E-state index is 11.8. The van der Waals surface area contributed by atoms with Gasteiger partial charge < -0.3 is 30.1 Å². The number of nitrogens with zero attached hydrogens (tertiary/aromatic N) is 2. The zero-order valence-electron chi connectivity index (χ0n) is 11.9. The van der Waals surface area contributed by atoms with Crippen molar-refractivity contribution in [1.29, 1.82) is 0 Å². The van der Waals surface area contributed by atoms with E-state index in [-0.39, 0.29) is 13.2 Å². The van der Waals surface area contributed by atoms with Crippen LogP contribution in [0.3, 0.4) is 0 Å². The number of amides is 2. The first-order valence-corrected chi connectivity index (χ1v) is 6.65. The van der Waals surface area contributed by atoms with Crippen LogP contribution in [0.2, 0.25) is 0 Å². The lowest BCUT2D eigenvalue weighted by molar-refractivity contribution is -0.268. The molecule has 0 aliphatic carbocycles. The van der Waals surface area contributed by atoms with Gasteiger partial charge in [0.15, 0.2) is 6.29 Å². The van der Waals surface area contributed by atoms with E-state index in [1.54, 1.807) is 13.8 Å². The van der Waals surface area contributed by atoms with Crippen LogP contribution < -0.4 is 5.32 Å². The summed E-state index contributed by atoms with van der Waals surface area (Å²) in [5.41, 5.74) is 0. The van der Waals surface area contributed by atoms with Crippen molar-refractivity contribution in [3.05, 3.63) is 4.91 Å². The number of rotatable bonds is 6. The summed E-state index contributed by atoms with van der Waals surface area (Å²) >= 11 is 0. The monoisotopic (exact) mass is 307 g/mol. The van der Waals surface area contributed by atoms with Gasteiger partial charge in [-0.25, -0.2) is 4.79 Å². The van der Waals surface area contributed by atoms with E-state index in [1.165, 1.54) is 0 Å². The maximum Gasteiger partial charge on any atom is 0.340 e. The minimum atomic E-state index is -1.43. The van der Waals surface area contributed by atoms with Crippen molar-refractivity contribution in [2.75, 3.05) is 19.8 Å². The largest absolute Gasteiger partial charge is 0.394 e. The molecule has 0 unspecified atom stereocenters. The second-order valence-electron chi connectivity index (χ2n) is 4.43. The molecule has 5 atom stereocenters. The van der Waals surface area contributed by atoms with Gasteiger partial charge in [0.05, 0.1) is 11.9 Å². The second-order valence-corrected chi connectivity index (χ2v) is 4.43. The van der Waals surface area contributed by atoms with Gasteiger partial charge in [-0.05, 0) is 13.8 Å². The number of aliphatic hydroxyl groups excluding tert-OH is 3. The molecule has 1 fully saturated rings. The Balaban J connectivity index is 2.84. The van der Waals surface area contributed by atoms with Crippen LogP contribution in [0.25, 0.3) is 0 Å². The quantitative estimate of drug-likeness (QED) is 0.347. The third kappa shape index (κ3) is 4.08. The number of urea groups is 1. The smallest absolute Gasteiger partial charge is 0.340 e. The first-order valence-electron chi connectivity index (χ1n) is 6.65. The van der Waals surface area contributed by atoms with E-state index in [0.29, 0.717) is 5.01 Å². The number of carbonyl (C=O) groups excluding carboxylic acids is 1. The van der Waals surface area contributed by atoms with E-state index in [2.05, 4.69) is 10.6 Å². The Hall–Kier alpha value is -1.33. The first-order chi connectivity index (χ1) is 9.99. The molecule has 1 aliphatic rings. The molecule has 1 saturated heterocycles. The highest BCUT2D eigenvalue weighted by Crippen LogP contribution is 2.22. The summed E-state index contributed by atoms with van der Waals surface area (Å²) in [6, 6.07) is -1.95. The Morgan fingerprint density at radius 2 is 2.05 bits per heavy atom. The fraction of sp³-hybridized carbons (Fsp3) is 0.909. The standard InChI is InChI=1S/C11H21N3O7/c1-3-14(13-19)11(18)12-7-9(17)8(16)6(5-15)21-10(7)20-4-2/h6-10,15-17H,3-5H2,1-2H3,(H,12,18)/t6-,7-,8-,9-,10+/m1/s1. The molecule has 1 heterocycles. The molecule has 4 N–H and O–H groups in total. The van der Waals surface area contributed by atoms with Gasteiger partial charge in [0.2, 0.25) is 0 Å². The molecule has 0 bridgehead atoms. The van der Waals surface area contributed by atoms with Crippen molar-refractivity contribution in [3.63, 3.8) is 0 Å². The van der Waals surface area contributed by atoms with Crippen molar-refractivity contribution in [1.82, 2.24) is 10.3 Å². The van der Waals surface area contributed by atoms with Crippen LogP contribution in [0.4, 0.5) is 4.79 Å². The van der Waals surface area contributed by atoms with E-state index in [1.807, 2.05) is 0 Å². The van der Waals surface area contributed by atoms with Crippen LogP contribution in [0.1, 0.15) is 13.8 Å². The van der Waals surface area contributed by atoms with Crippen LogP contribution in [-0.4, -0.2) is 76.8 Å². The number of carbonyl (C=O) groups is 1. The van der Waals surface area contributed by atoms with E-state index >= 15 is 0 Å². The average molecular weight is 307 g/mol. The molecule has 0 aromatic rings. The molecule has 21 heavy (non-hydrogen) atoms. The molecule has 0 saturated carbocycles. The highest BCUT2D eigenvalue weighted by atomic mass is 16.7. The third-order valence-corrected chi connectivity index (χ3v) is 3.13. The first kappa shape index (κ1) is 17.7. The van der Waals surface area contributed by atoms with Crippen molar-refractivity contribution in [2.45, 2.75) is 44.5 Å². The van der Waals surface area contributed by atoms with Gasteiger partial charge in [-0.1, -0.05) is 0 Å². The molecule has 0 radical (unpaired) electrons. The number of hydrogen-bond acceptors (Lipinski definition) is 8. The van der Waals surface area contributed by atoms with Crippen molar-refractivity contribution < 1.29 is 29.6 Å². The molecule has 0 spiro atoms. The average Bonchev–Trinajstić information content (AvgIpc) is 2.48. The fourth-order valence-electron chi connectivity index (χ4n) is 2.00. The molecule has 10 nitrogen and oxygen atoms in total. The lowest BCUT2D eigenvalue weighted by Gasteiger charge is -2.42.